The third-order valence-corrected chi connectivity index (χ3v) is 3.38. The smallest absolute Gasteiger partial charge is 0.387 e. The molecule has 0 unspecified atom stereocenters. The van der Waals surface area contributed by atoms with E-state index in [2.05, 4.69) is 15.0 Å². The molecule has 0 aliphatic carbocycles. The number of ether oxygens (including phenoxy) is 1. The molecule has 0 saturated carbocycles. The van der Waals surface area contributed by atoms with E-state index in [0.717, 1.165) is 16.6 Å². The van der Waals surface area contributed by atoms with Gasteiger partial charge in [-0.15, -0.1) is 11.3 Å². The molecule has 0 aliphatic rings. The molecule has 0 fully saturated rings. The van der Waals surface area contributed by atoms with Crippen molar-refractivity contribution < 1.29 is 17.9 Å². The molecule has 0 spiro atoms. The summed E-state index contributed by atoms with van der Waals surface area (Å²) in [5.74, 6) is -1.29. The number of hydrogen-bond acceptors (Lipinski definition) is 4. The van der Waals surface area contributed by atoms with Crippen LogP contribution >= 0.6 is 11.3 Å². The first-order valence-electron chi connectivity index (χ1n) is 5.43. The van der Waals surface area contributed by atoms with Crippen molar-refractivity contribution in [2.45, 2.75) is 20.1 Å². The van der Waals surface area contributed by atoms with Crippen LogP contribution in [0, 0.1) is 12.7 Å². The maximum absolute atomic E-state index is 13.4. The number of anilines is 1. The van der Waals surface area contributed by atoms with E-state index in [1.54, 1.807) is 5.51 Å². The van der Waals surface area contributed by atoms with Gasteiger partial charge in [-0.2, -0.15) is 8.78 Å². The minimum Gasteiger partial charge on any atom is -0.432 e. The van der Waals surface area contributed by atoms with Gasteiger partial charge in [-0.25, -0.2) is 9.37 Å². The minimum atomic E-state index is -3.03. The van der Waals surface area contributed by atoms with E-state index < -0.39 is 18.2 Å². The zero-order valence-electron chi connectivity index (χ0n) is 9.99. The molecule has 1 N–H and O–H groups in total. The van der Waals surface area contributed by atoms with Crippen molar-refractivity contribution in [2.24, 2.45) is 0 Å². The van der Waals surface area contributed by atoms with E-state index in [-0.39, 0.29) is 0 Å². The quantitative estimate of drug-likeness (QED) is 0.908. The number of rotatable bonds is 5. The van der Waals surface area contributed by atoms with Gasteiger partial charge in [-0.3, -0.25) is 0 Å². The van der Waals surface area contributed by atoms with Crippen LogP contribution < -0.4 is 10.1 Å². The molecule has 0 aliphatic heterocycles. The lowest BCUT2D eigenvalue weighted by atomic mass is 10.3. The third kappa shape index (κ3) is 3.60. The van der Waals surface area contributed by atoms with E-state index in [9.17, 15) is 13.2 Å². The van der Waals surface area contributed by atoms with Crippen LogP contribution in [0.1, 0.15) is 10.6 Å². The van der Waals surface area contributed by atoms with Gasteiger partial charge in [0.15, 0.2) is 11.6 Å². The molecule has 7 heteroatoms. The minimum absolute atomic E-state index is 0.463. The second-order valence-electron chi connectivity index (χ2n) is 3.74. The summed E-state index contributed by atoms with van der Waals surface area (Å²) < 4.78 is 41.4. The molecule has 1 aromatic heterocycles. The summed E-state index contributed by atoms with van der Waals surface area (Å²) in [6.45, 7) is -0.647. The van der Waals surface area contributed by atoms with Gasteiger partial charge in [0.2, 0.25) is 0 Å². The van der Waals surface area contributed by atoms with Crippen LogP contribution in [0.25, 0.3) is 0 Å². The molecule has 0 atom stereocenters. The van der Waals surface area contributed by atoms with Crippen molar-refractivity contribution in [2.75, 3.05) is 5.32 Å². The van der Waals surface area contributed by atoms with Crippen LogP contribution in [0.5, 0.6) is 5.75 Å². The lowest BCUT2D eigenvalue weighted by Gasteiger charge is -2.09. The molecule has 102 valence electrons. The van der Waals surface area contributed by atoms with E-state index in [1.165, 1.54) is 23.5 Å². The first-order valence-corrected chi connectivity index (χ1v) is 6.31. The van der Waals surface area contributed by atoms with E-state index >= 15 is 0 Å². The molecule has 0 bridgehead atoms. The molecule has 2 aromatic rings. The summed E-state index contributed by atoms with van der Waals surface area (Å²) in [6, 6.07) is 3.77. The number of nitrogens with one attached hydrogen (secondary N) is 1. The standard InChI is InChI=1S/C12H11F3N2OS/c1-7-11(19-6-17-7)5-16-8-2-3-10(9(13)4-8)18-12(14)15/h2-4,6,12,16H,5H2,1H3. The number of hydrogen-bond donors (Lipinski definition) is 1. The first-order chi connectivity index (χ1) is 9.06. The summed E-state index contributed by atoms with van der Waals surface area (Å²) in [7, 11) is 0. The second kappa shape index (κ2) is 5.92. The molecular weight excluding hydrogens is 277 g/mol. The Hall–Kier alpha value is -1.76. The maximum Gasteiger partial charge on any atom is 0.387 e. The third-order valence-electron chi connectivity index (χ3n) is 2.45. The zero-order chi connectivity index (χ0) is 13.8. The van der Waals surface area contributed by atoms with Gasteiger partial charge < -0.3 is 10.1 Å². The Balaban J connectivity index is 2.02. The topological polar surface area (TPSA) is 34.2 Å². The summed E-state index contributed by atoms with van der Waals surface area (Å²) in [6.07, 6.45) is 0. The number of alkyl halides is 2. The van der Waals surface area contributed by atoms with Gasteiger partial charge in [-0.1, -0.05) is 0 Å². The average Bonchev–Trinajstić information content (AvgIpc) is 2.75. The van der Waals surface area contributed by atoms with E-state index in [0.29, 0.717) is 12.2 Å². The van der Waals surface area contributed by atoms with Gasteiger partial charge >= 0.3 is 6.61 Å². The van der Waals surface area contributed by atoms with Crippen LogP contribution in [0.15, 0.2) is 23.7 Å². The maximum atomic E-state index is 13.4. The van der Waals surface area contributed by atoms with Crippen LogP contribution in [-0.2, 0) is 6.54 Å². The Kier molecular flexibility index (Phi) is 4.26. The highest BCUT2D eigenvalue weighted by Gasteiger charge is 2.10. The van der Waals surface area contributed by atoms with Gasteiger partial charge in [0, 0.05) is 16.6 Å². The van der Waals surface area contributed by atoms with Crippen LogP contribution in [0.2, 0.25) is 0 Å². The highest BCUT2D eigenvalue weighted by molar-refractivity contribution is 7.09. The summed E-state index contributed by atoms with van der Waals surface area (Å²) in [5, 5.41) is 3.00. The van der Waals surface area contributed by atoms with Crippen molar-refractivity contribution in [1.82, 2.24) is 4.98 Å². The fourth-order valence-corrected chi connectivity index (χ4v) is 2.20. The largest absolute Gasteiger partial charge is 0.432 e. The highest BCUT2D eigenvalue weighted by atomic mass is 32.1. The number of halogens is 3. The molecular formula is C12H11F3N2OS. The van der Waals surface area contributed by atoms with Crippen molar-refractivity contribution in [3.8, 4) is 5.75 Å². The van der Waals surface area contributed by atoms with Gasteiger partial charge in [0.05, 0.1) is 17.7 Å². The normalized spacial score (nSPS) is 10.8. The highest BCUT2D eigenvalue weighted by Crippen LogP contribution is 2.23. The number of aryl methyl sites for hydroxylation is 1. The Morgan fingerprint density at radius 1 is 1.42 bits per heavy atom. The van der Waals surface area contributed by atoms with Gasteiger partial charge in [0.25, 0.3) is 0 Å². The van der Waals surface area contributed by atoms with Crippen LogP contribution in [-0.4, -0.2) is 11.6 Å². The van der Waals surface area contributed by atoms with Crippen LogP contribution in [0.4, 0.5) is 18.9 Å². The van der Waals surface area contributed by atoms with Crippen molar-refractivity contribution in [3.63, 3.8) is 0 Å². The lowest BCUT2D eigenvalue weighted by Crippen LogP contribution is -2.04. The summed E-state index contributed by atoms with van der Waals surface area (Å²) in [5.41, 5.74) is 3.13. The van der Waals surface area contributed by atoms with Gasteiger partial charge in [-0.05, 0) is 19.1 Å². The number of nitrogens with zero attached hydrogens (tertiary/aromatic N) is 1. The zero-order valence-corrected chi connectivity index (χ0v) is 10.8. The summed E-state index contributed by atoms with van der Waals surface area (Å²) in [4.78, 5) is 5.13. The predicted molar refractivity (Wildman–Crippen MR) is 67.2 cm³/mol. The molecule has 2 rings (SSSR count). The molecule has 0 amide bonds. The predicted octanol–water partition coefficient (Wildman–Crippen LogP) is 3.80. The lowest BCUT2D eigenvalue weighted by molar-refractivity contribution is -0.0521. The second-order valence-corrected chi connectivity index (χ2v) is 4.68. The molecule has 0 saturated heterocycles. The Bertz CT molecular complexity index is 560. The molecule has 1 aromatic carbocycles. The monoisotopic (exact) mass is 288 g/mol. The Morgan fingerprint density at radius 2 is 2.21 bits per heavy atom. The first kappa shape index (κ1) is 13.7. The summed E-state index contributed by atoms with van der Waals surface area (Å²) >= 11 is 1.49. The van der Waals surface area contributed by atoms with Crippen molar-refractivity contribution in [3.05, 3.63) is 40.1 Å². The van der Waals surface area contributed by atoms with Crippen LogP contribution in [0.3, 0.4) is 0 Å². The Labute approximate surface area is 112 Å². The average molecular weight is 288 g/mol. The number of benzene rings is 1. The van der Waals surface area contributed by atoms with Crippen molar-refractivity contribution in [1.29, 1.82) is 0 Å². The fourth-order valence-electron chi connectivity index (χ4n) is 1.48. The number of thiazole rings is 1. The molecule has 0 radical (unpaired) electrons. The SMILES string of the molecule is Cc1ncsc1CNc1ccc(OC(F)F)c(F)c1. The molecule has 3 nitrogen and oxygen atoms in total. The molecule has 1 heterocycles. The van der Waals surface area contributed by atoms with Gasteiger partial charge in [0.1, 0.15) is 0 Å². The Morgan fingerprint density at radius 3 is 2.79 bits per heavy atom. The fraction of sp³-hybridized carbons (Fsp3) is 0.250. The number of aromatic nitrogens is 1. The van der Waals surface area contributed by atoms with E-state index in [1.807, 2.05) is 6.92 Å². The van der Waals surface area contributed by atoms with Crippen molar-refractivity contribution >= 4 is 17.0 Å². The van der Waals surface area contributed by atoms with E-state index in [4.69, 9.17) is 0 Å². The molecule has 19 heavy (non-hydrogen) atoms.